The summed E-state index contributed by atoms with van der Waals surface area (Å²) in [5.74, 6) is -0.400. The van der Waals surface area contributed by atoms with Gasteiger partial charge in [0.05, 0.1) is 7.11 Å². The van der Waals surface area contributed by atoms with E-state index < -0.39 is 23.7 Å². The van der Waals surface area contributed by atoms with Crippen molar-refractivity contribution in [1.82, 2.24) is 4.90 Å². The van der Waals surface area contributed by atoms with Crippen LogP contribution < -0.4 is 0 Å². The lowest BCUT2D eigenvalue weighted by Gasteiger charge is -2.27. The van der Waals surface area contributed by atoms with E-state index in [1.807, 2.05) is 32.9 Å². The number of likely N-dealkylation sites (tertiary alicyclic amines) is 1. The largest absolute Gasteiger partial charge is 0.467 e. The Morgan fingerprint density at radius 2 is 1.81 bits per heavy atom. The Bertz CT molecular complexity index is 845. The summed E-state index contributed by atoms with van der Waals surface area (Å²) >= 11 is 1.68. The lowest BCUT2D eigenvalue weighted by atomic mass is 10.1. The number of amides is 1. The zero-order valence-corrected chi connectivity index (χ0v) is 16.9. The van der Waals surface area contributed by atoms with E-state index in [0.717, 1.165) is 4.90 Å². The third-order valence-electron chi connectivity index (χ3n) is 4.39. The van der Waals surface area contributed by atoms with Gasteiger partial charge in [-0.05, 0) is 50.1 Å². The van der Waals surface area contributed by atoms with Crippen LogP contribution in [0.3, 0.4) is 0 Å². The van der Waals surface area contributed by atoms with E-state index in [2.05, 4.69) is 30.3 Å². The predicted octanol–water partition coefficient (Wildman–Crippen LogP) is 4.48. The molecule has 1 amide bonds. The Kier molecular flexibility index (Phi) is 5.65. The Morgan fingerprint density at radius 1 is 1.11 bits per heavy atom. The zero-order valence-electron chi connectivity index (χ0n) is 16.1. The first-order valence-electron chi connectivity index (χ1n) is 9.00. The van der Waals surface area contributed by atoms with Gasteiger partial charge < -0.3 is 9.47 Å². The van der Waals surface area contributed by atoms with Crippen molar-refractivity contribution >= 4 is 34.6 Å². The van der Waals surface area contributed by atoms with E-state index >= 15 is 0 Å². The number of methoxy groups -OCH3 is 1. The fourth-order valence-corrected chi connectivity index (χ4v) is 4.44. The van der Waals surface area contributed by atoms with E-state index in [1.54, 1.807) is 11.8 Å². The lowest BCUT2D eigenvalue weighted by molar-refractivity contribution is -0.145. The molecule has 0 bridgehead atoms. The highest BCUT2D eigenvalue weighted by Crippen LogP contribution is 2.35. The second-order valence-electron chi connectivity index (χ2n) is 7.66. The molecule has 1 aliphatic heterocycles. The van der Waals surface area contributed by atoms with Gasteiger partial charge in [0.25, 0.3) is 0 Å². The highest BCUT2D eigenvalue weighted by Gasteiger charge is 2.42. The van der Waals surface area contributed by atoms with Crippen molar-refractivity contribution < 1.29 is 19.1 Å². The standard InChI is InChI=1S/C21H25NO4S/c1-21(2,3)26-20(24)22-13-17(12-18(22)19(23)25-4)27-16-10-9-14-7-5-6-8-15(14)11-16/h5-11,17-18H,12-13H2,1-4H3/t17-,18+/m1/s1. The normalized spacial score (nSPS) is 19.9. The third kappa shape index (κ3) is 4.75. The van der Waals surface area contributed by atoms with E-state index in [9.17, 15) is 9.59 Å². The van der Waals surface area contributed by atoms with Crippen molar-refractivity contribution in [2.24, 2.45) is 0 Å². The van der Waals surface area contributed by atoms with Gasteiger partial charge in [-0.25, -0.2) is 9.59 Å². The minimum absolute atomic E-state index is 0.0998. The molecule has 2 aromatic carbocycles. The second kappa shape index (κ2) is 7.80. The fourth-order valence-electron chi connectivity index (χ4n) is 3.20. The number of esters is 1. The highest BCUT2D eigenvalue weighted by atomic mass is 32.2. The van der Waals surface area contributed by atoms with E-state index in [0.29, 0.717) is 13.0 Å². The molecule has 5 nitrogen and oxygen atoms in total. The molecule has 2 atom stereocenters. The van der Waals surface area contributed by atoms with E-state index in [1.165, 1.54) is 22.8 Å². The highest BCUT2D eigenvalue weighted by molar-refractivity contribution is 8.00. The average Bonchev–Trinajstić information content (AvgIpc) is 3.03. The van der Waals surface area contributed by atoms with Gasteiger partial charge in [-0.3, -0.25) is 4.90 Å². The van der Waals surface area contributed by atoms with Gasteiger partial charge in [0.1, 0.15) is 11.6 Å². The van der Waals surface area contributed by atoms with Crippen molar-refractivity contribution in [3.8, 4) is 0 Å². The zero-order chi connectivity index (χ0) is 19.6. The van der Waals surface area contributed by atoms with Gasteiger partial charge >= 0.3 is 12.1 Å². The SMILES string of the molecule is COC(=O)[C@@H]1C[C@@H](Sc2ccc3ccccc3c2)CN1C(=O)OC(C)(C)C. The molecule has 6 heteroatoms. The quantitative estimate of drug-likeness (QED) is 0.727. The number of rotatable bonds is 3. The van der Waals surface area contributed by atoms with Crippen LogP contribution in [0.25, 0.3) is 10.8 Å². The number of hydrogen-bond acceptors (Lipinski definition) is 5. The molecule has 1 saturated heterocycles. The van der Waals surface area contributed by atoms with Crippen molar-refractivity contribution in [2.45, 2.75) is 49.0 Å². The van der Waals surface area contributed by atoms with Gasteiger partial charge in [0.15, 0.2) is 0 Å². The maximum Gasteiger partial charge on any atom is 0.411 e. The molecule has 3 rings (SSSR count). The van der Waals surface area contributed by atoms with Crippen molar-refractivity contribution in [2.75, 3.05) is 13.7 Å². The van der Waals surface area contributed by atoms with Crippen LogP contribution in [0.1, 0.15) is 27.2 Å². The molecule has 144 valence electrons. The number of nitrogens with zero attached hydrogens (tertiary/aromatic N) is 1. The Morgan fingerprint density at radius 3 is 2.48 bits per heavy atom. The number of hydrogen-bond donors (Lipinski definition) is 0. The molecule has 0 saturated carbocycles. The molecule has 1 fully saturated rings. The van der Waals surface area contributed by atoms with Crippen LogP contribution >= 0.6 is 11.8 Å². The summed E-state index contributed by atoms with van der Waals surface area (Å²) in [4.78, 5) is 27.4. The molecule has 2 aromatic rings. The molecular weight excluding hydrogens is 362 g/mol. The van der Waals surface area contributed by atoms with Crippen LogP contribution in [0.4, 0.5) is 4.79 Å². The molecule has 0 unspecified atom stereocenters. The summed E-state index contributed by atoms with van der Waals surface area (Å²) in [6.45, 7) is 5.90. The maximum absolute atomic E-state index is 12.6. The Labute approximate surface area is 164 Å². The Hall–Kier alpha value is -2.21. The Balaban J connectivity index is 1.76. The molecule has 0 N–H and O–H groups in total. The van der Waals surface area contributed by atoms with Crippen LogP contribution in [0.15, 0.2) is 47.4 Å². The number of carbonyl (C=O) groups excluding carboxylic acids is 2. The molecule has 0 aliphatic carbocycles. The fraction of sp³-hybridized carbons (Fsp3) is 0.429. The van der Waals surface area contributed by atoms with Gasteiger partial charge in [-0.2, -0.15) is 0 Å². The minimum atomic E-state index is -0.610. The number of thioether (sulfide) groups is 1. The number of carbonyl (C=O) groups is 2. The van der Waals surface area contributed by atoms with Gasteiger partial charge in [0, 0.05) is 16.7 Å². The molecule has 27 heavy (non-hydrogen) atoms. The first kappa shape index (κ1) is 19.5. The number of ether oxygens (including phenoxy) is 2. The first-order valence-corrected chi connectivity index (χ1v) is 9.88. The maximum atomic E-state index is 12.6. The molecule has 0 aromatic heterocycles. The molecular formula is C21H25NO4S. The third-order valence-corrected chi connectivity index (χ3v) is 5.59. The summed E-state index contributed by atoms with van der Waals surface area (Å²) in [6.07, 6.45) is 0.0724. The predicted molar refractivity (Wildman–Crippen MR) is 107 cm³/mol. The first-order chi connectivity index (χ1) is 12.8. The van der Waals surface area contributed by atoms with Crippen LogP contribution in [0.2, 0.25) is 0 Å². The second-order valence-corrected chi connectivity index (χ2v) is 9.03. The van der Waals surface area contributed by atoms with E-state index in [-0.39, 0.29) is 5.25 Å². The van der Waals surface area contributed by atoms with Gasteiger partial charge in [-0.1, -0.05) is 30.3 Å². The van der Waals surface area contributed by atoms with Crippen LogP contribution in [-0.4, -0.2) is 47.5 Å². The summed E-state index contributed by atoms with van der Waals surface area (Å²) in [6, 6.07) is 13.9. The minimum Gasteiger partial charge on any atom is -0.467 e. The average molecular weight is 388 g/mol. The van der Waals surface area contributed by atoms with Gasteiger partial charge in [0.2, 0.25) is 0 Å². The summed E-state index contributed by atoms with van der Waals surface area (Å²) in [7, 11) is 1.35. The van der Waals surface area contributed by atoms with Gasteiger partial charge in [-0.15, -0.1) is 11.8 Å². The van der Waals surface area contributed by atoms with Crippen molar-refractivity contribution in [3.63, 3.8) is 0 Å². The van der Waals surface area contributed by atoms with Crippen molar-refractivity contribution in [3.05, 3.63) is 42.5 Å². The topological polar surface area (TPSA) is 55.8 Å². The van der Waals surface area contributed by atoms with E-state index in [4.69, 9.17) is 9.47 Å². The monoisotopic (exact) mass is 387 g/mol. The van der Waals surface area contributed by atoms with Crippen LogP contribution in [-0.2, 0) is 14.3 Å². The molecule has 0 spiro atoms. The smallest absolute Gasteiger partial charge is 0.411 e. The molecule has 1 aliphatic rings. The summed E-state index contributed by atoms with van der Waals surface area (Å²) in [5, 5.41) is 2.47. The molecule has 1 heterocycles. The van der Waals surface area contributed by atoms with Crippen LogP contribution in [0.5, 0.6) is 0 Å². The van der Waals surface area contributed by atoms with Crippen LogP contribution in [0, 0.1) is 0 Å². The summed E-state index contributed by atoms with van der Waals surface area (Å²) in [5.41, 5.74) is -0.610. The lowest BCUT2D eigenvalue weighted by Crippen LogP contribution is -2.43. The number of fused-ring (bicyclic) bond motifs is 1. The van der Waals surface area contributed by atoms with Crippen molar-refractivity contribution in [1.29, 1.82) is 0 Å². The number of benzene rings is 2. The summed E-state index contributed by atoms with van der Waals surface area (Å²) < 4.78 is 10.4. The molecule has 0 radical (unpaired) electrons.